The van der Waals surface area contributed by atoms with Gasteiger partial charge in [0.15, 0.2) is 17.0 Å². The number of fused-ring (bicyclic) bond motifs is 1. The minimum Gasteiger partial charge on any atom is -0.416 e. The van der Waals surface area contributed by atoms with Crippen molar-refractivity contribution in [1.29, 1.82) is 0 Å². The lowest BCUT2D eigenvalue weighted by molar-refractivity contribution is -0.105. The maximum Gasteiger partial charge on any atom is 0.248 e. The first-order valence-electron chi connectivity index (χ1n) is 11.4. The van der Waals surface area contributed by atoms with Crippen LogP contribution < -0.4 is 21.7 Å². The molecule has 5 rings (SSSR count). The molecule has 0 atom stereocenters. The molecule has 1 amide bonds. The van der Waals surface area contributed by atoms with Crippen LogP contribution in [0.25, 0.3) is 34.1 Å². The summed E-state index contributed by atoms with van der Waals surface area (Å²) in [5.41, 5.74) is 9.54. The average Bonchev–Trinajstić information content (AvgIpc) is 3.57. The van der Waals surface area contributed by atoms with Crippen LogP contribution in [0.4, 0.5) is 23.1 Å². The third-order valence-electron chi connectivity index (χ3n) is 5.41. The fraction of sp³-hybridized carbons (Fsp3) is 0.167. The molecule has 12 nitrogen and oxygen atoms in total. The molecule has 0 spiro atoms. The molecule has 0 saturated heterocycles. The Hall–Kier alpha value is -4.84. The number of carbonyl (C=O) groups is 1. The lowest BCUT2D eigenvalue weighted by atomic mass is 10.1. The number of carbonyl (C=O) groups excluding carboxylic acids is 1. The van der Waals surface area contributed by atoms with E-state index in [1.165, 1.54) is 0 Å². The Morgan fingerprint density at radius 1 is 1.03 bits per heavy atom. The molecule has 5 aromatic rings. The summed E-state index contributed by atoms with van der Waals surface area (Å²) in [6.45, 7) is 3.66. The zero-order chi connectivity index (χ0) is 24.9. The molecule has 0 radical (unpaired) electrons. The van der Waals surface area contributed by atoms with Crippen LogP contribution in [0.1, 0.15) is 6.92 Å². The maximum atomic E-state index is 11.2. The number of nitrogens with two attached hydrogens (primary N) is 1. The van der Waals surface area contributed by atoms with Gasteiger partial charge in [-0.3, -0.25) is 4.79 Å². The van der Waals surface area contributed by atoms with Crippen molar-refractivity contribution in [3.63, 3.8) is 0 Å². The van der Waals surface area contributed by atoms with Gasteiger partial charge in [0.1, 0.15) is 0 Å². The maximum absolute atomic E-state index is 11.2. The minimum absolute atomic E-state index is 0.318. The van der Waals surface area contributed by atoms with Gasteiger partial charge in [-0.1, -0.05) is 18.2 Å². The molecule has 12 heteroatoms. The van der Waals surface area contributed by atoms with E-state index in [2.05, 4.69) is 41.1 Å². The predicted octanol–water partition coefficient (Wildman–Crippen LogP) is 3.25. The second kappa shape index (κ2) is 10.2. The van der Waals surface area contributed by atoms with Gasteiger partial charge in [-0.15, -0.1) is 10.2 Å². The highest BCUT2D eigenvalue weighted by Gasteiger charge is 2.16. The molecule has 0 aliphatic rings. The van der Waals surface area contributed by atoms with Crippen molar-refractivity contribution in [2.45, 2.75) is 13.5 Å². The van der Waals surface area contributed by atoms with E-state index in [9.17, 15) is 4.79 Å². The van der Waals surface area contributed by atoms with Crippen LogP contribution in [0.15, 0.2) is 59.3 Å². The molecule has 0 aliphatic heterocycles. The van der Waals surface area contributed by atoms with Gasteiger partial charge in [-0.05, 0) is 37.3 Å². The zero-order valence-corrected chi connectivity index (χ0v) is 19.5. The van der Waals surface area contributed by atoms with E-state index in [-0.39, 0.29) is 0 Å². The highest BCUT2D eigenvalue weighted by atomic mass is 16.4. The molecule has 2 aromatic carbocycles. The fourth-order valence-electron chi connectivity index (χ4n) is 3.67. The SMILES string of the molecule is CCn1cnc2c(NCCN)nc(Nc3cc(-c4nnc(-c5ccccc5)o4)ccc3NC=O)nc21. The Morgan fingerprint density at radius 3 is 2.58 bits per heavy atom. The topological polar surface area (TPSA) is 162 Å². The van der Waals surface area contributed by atoms with Gasteiger partial charge in [0.2, 0.25) is 24.1 Å². The molecular weight excluding hydrogens is 460 g/mol. The van der Waals surface area contributed by atoms with Crippen LogP contribution in [-0.2, 0) is 11.3 Å². The van der Waals surface area contributed by atoms with E-state index >= 15 is 0 Å². The van der Waals surface area contributed by atoms with Gasteiger partial charge in [-0.25, -0.2) is 4.98 Å². The minimum atomic E-state index is 0.318. The predicted molar refractivity (Wildman–Crippen MR) is 137 cm³/mol. The third kappa shape index (κ3) is 4.57. The largest absolute Gasteiger partial charge is 0.416 e. The summed E-state index contributed by atoms with van der Waals surface area (Å²) in [7, 11) is 0. The van der Waals surface area contributed by atoms with Crippen molar-refractivity contribution in [2.75, 3.05) is 29.0 Å². The van der Waals surface area contributed by atoms with E-state index in [1.54, 1.807) is 24.5 Å². The summed E-state index contributed by atoms with van der Waals surface area (Å²) in [6, 6.07) is 14.8. The molecule has 0 bridgehead atoms. The van der Waals surface area contributed by atoms with Crippen LogP contribution >= 0.6 is 0 Å². The highest BCUT2D eigenvalue weighted by Crippen LogP contribution is 2.32. The normalized spacial score (nSPS) is 10.9. The summed E-state index contributed by atoms with van der Waals surface area (Å²) in [5, 5.41) is 17.5. The Balaban J connectivity index is 1.52. The number of imidazole rings is 1. The molecule has 0 unspecified atom stereocenters. The van der Waals surface area contributed by atoms with E-state index in [0.717, 1.165) is 5.56 Å². The number of aromatic nitrogens is 6. The molecule has 36 heavy (non-hydrogen) atoms. The second-order valence-corrected chi connectivity index (χ2v) is 7.74. The van der Waals surface area contributed by atoms with Gasteiger partial charge in [-0.2, -0.15) is 9.97 Å². The van der Waals surface area contributed by atoms with Gasteiger partial charge in [0.25, 0.3) is 0 Å². The molecule has 182 valence electrons. The van der Waals surface area contributed by atoms with E-state index in [1.807, 2.05) is 41.8 Å². The summed E-state index contributed by atoms with van der Waals surface area (Å²) >= 11 is 0. The lowest BCUT2D eigenvalue weighted by Gasteiger charge is -2.13. The fourth-order valence-corrected chi connectivity index (χ4v) is 3.67. The first-order valence-corrected chi connectivity index (χ1v) is 11.4. The van der Waals surface area contributed by atoms with Crippen LogP contribution in [-0.4, -0.2) is 49.2 Å². The summed E-state index contributed by atoms with van der Waals surface area (Å²) in [5.74, 6) is 1.62. The van der Waals surface area contributed by atoms with Gasteiger partial charge in [0.05, 0.1) is 17.7 Å². The summed E-state index contributed by atoms with van der Waals surface area (Å²) in [4.78, 5) is 24.9. The molecular formula is C24H24N10O2. The number of hydrogen-bond acceptors (Lipinski definition) is 10. The molecule has 5 N–H and O–H groups in total. The Kier molecular flexibility index (Phi) is 6.49. The van der Waals surface area contributed by atoms with Gasteiger partial charge < -0.3 is 30.7 Å². The van der Waals surface area contributed by atoms with E-state index in [4.69, 9.17) is 10.2 Å². The first kappa shape index (κ1) is 22.9. The molecule has 0 aliphatic carbocycles. The van der Waals surface area contributed by atoms with Crippen molar-refractivity contribution in [1.82, 2.24) is 29.7 Å². The van der Waals surface area contributed by atoms with Crippen LogP contribution in [0.5, 0.6) is 0 Å². The van der Waals surface area contributed by atoms with Crippen molar-refractivity contribution in [2.24, 2.45) is 5.73 Å². The number of amides is 1. The third-order valence-corrected chi connectivity index (χ3v) is 5.41. The summed E-state index contributed by atoms with van der Waals surface area (Å²) < 4.78 is 7.81. The lowest BCUT2D eigenvalue weighted by Crippen LogP contribution is -2.15. The number of nitrogens with zero attached hydrogens (tertiary/aromatic N) is 6. The standard InChI is InChI=1S/C24H24N10O2/c1-2-34-13-27-19-20(26-11-10-25)30-24(31-21(19)34)29-18-12-16(8-9-17(18)28-14-35)23-33-32-22(36-23)15-6-4-3-5-7-15/h3-9,12-14H,2,10-11,25H2,1H3,(H,28,35)(H2,26,29,30,31). The van der Waals surface area contributed by atoms with Crippen LogP contribution in [0.3, 0.4) is 0 Å². The quantitative estimate of drug-likeness (QED) is 0.216. The van der Waals surface area contributed by atoms with Crippen LogP contribution in [0.2, 0.25) is 0 Å². The zero-order valence-electron chi connectivity index (χ0n) is 19.5. The van der Waals surface area contributed by atoms with Crippen molar-refractivity contribution in [3.8, 4) is 22.9 Å². The van der Waals surface area contributed by atoms with Gasteiger partial charge >= 0.3 is 0 Å². The second-order valence-electron chi connectivity index (χ2n) is 7.74. The van der Waals surface area contributed by atoms with Crippen molar-refractivity contribution < 1.29 is 9.21 Å². The Bertz CT molecular complexity index is 1500. The number of nitrogens with one attached hydrogen (secondary N) is 3. The number of benzene rings is 2. The number of hydrogen-bond donors (Lipinski definition) is 4. The van der Waals surface area contributed by atoms with Crippen molar-refractivity contribution >= 4 is 40.7 Å². The summed E-state index contributed by atoms with van der Waals surface area (Å²) in [6.07, 6.45) is 2.32. The monoisotopic (exact) mass is 484 g/mol. The molecule has 0 fully saturated rings. The Morgan fingerprint density at radius 2 is 1.83 bits per heavy atom. The van der Waals surface area contributed by atoms with Crippen molar-refractivity contribution in [3.05, 3.63) is 54.9 Å². The number of aryl methyl sites for hydroxylation is 1. The van der Waals surface area contributed by atoms with E-state index < -0.39 is 0 Å². The smallest absolute Gasteiger partial charge is 0.248 e. The Labute approximate surface area is 206 Å². The van der Waals surface area contributed by atoms with Crippen LogP contribution in [0, 0.1) is 0 Å². The molecule has 0 saturated carbocycles. The molecule has 3 heterocycles. The first-order chi connectivity index (χ1) is 17.7. The average molecular weight is 485 g/mol. The molecule has 3 aromatic heterocycles. The number of anilines is 4. The highest BCUT2D eigenvalue weighted by molar-refractivity contribution is 5.87. The van der Waals surface area contributed by atoms with Gasteiger partial charge in [0, 0.05) is 30.8 Å². The van der Waals surface area contributed by atoms with E-state index in [0.29, 0.717) is 77.7 Å². The number of rotatable bonds is 10.